The van der Waals surface area contributed by atoms with Crippen LogP contribution in [-0.4, -0.2) is 49.0 Å². The van der Waals surface area contributed by atoms with Crippen LogP contribution >= 0.6 is 0 Å². The second kappa shape index (κ2) is 5.56. The Bertz CT molecular complexity index is 814. The molecule has 1 aliphatic rings. The molecule has 23 heavy (non-hydrogen) atoms. The average Bonchev–Trinajstić information content (AvgIpc) is 3.05. The lowest BCUT2D eigenvalue weighted by Crippen LogP contribution is -2.48. The summed E-state index contributed by atoms with van der Waals surface area (Å²) in [6.07, 6.45) is 7.87. The normalized spacial score (nSPS) is 14.5. The summed E-state index contributed by atoms with van der Waals surface area (Å²) in [5, 5.41) is 3.97. The Morgan fingerprint density at radius 2 is 2.04 bits per heavy atom. The second-order valence-electron chi connectivity index (χ2n) is 5.20. The smallest absolute Gasteiger partial charge is 0.274 e. The van der Waals surface area contributed by atoms with E-state index in [1.165, 1.54) is 18.6 Å². The van der Waals surface area contributed by atoms with Crippen molar-refractivity contribution in [2.24, 2.45) is 0 Å². The third-order valence-corrected chi connectivity index (χ3v) is 3.66. The summed E-state index contributed by atoms with van der Waals surface area (Å²) in [5.41, 5.74) is 1.14. The average molecular weight is 308 g/mol. The summed E-state index contributed by atoms with van der Waals surface area (Å²) in [6, 6.07) is 3.68. The van der Waals surface area contributed by atoms with Crippen molar-refractivity contribution in [3.05, 3.63) is 54.7 Å². The van der Waals surface area contributed by atoms with E-state index in [9.17, 15) is 4.79 Å². The summed E-state index contributed by atoms with van der Waals surface area (Å²) < 4.78 is 5.30. The van der Waals surface area contributed by atoms with Crippen molar-refractivity contribution < 1.29 is 9.32 Å². The minimum atomic E-state index is -0.138. The zero-order valence-corrected chi connectivity index (χ0v) is 12.0. The van der Waals surface area contributed by atoms with Gasteiger partial charge in [0.25, 0.3) is 5.91 Å². The SMILES string of the molecule is O=C(c1cnccn1)N1CC(c2nc(-c3cccnc3)no2)C1. The molecule has 0 spiro atoms. The van der Waals surface area contributed by atoms with E-state index in [0.29, 0.717) is 30.5 Å². The Morgan fingerprint density at radius 1 is 1.17 bits per heavy atom. The molecular formula is C15H12N6O2. The van der Waals surface area contributed by atoms with Gasteiger partial charge in [-0.2, -0.15) is 4.98 Å². The first-order chi connectivity index (χ1) is 11.3. The Hall–Kier alpha value is -3.16. The largest absolute Gasteiger partial charge is 0.339 e. The zero-order valence-electron chi connectivity index (χ0n) is 12.0. The van der Waals surface area contributed by atoms with E-state index in [1.807, 2.05) is 12.1 Å². The maximum atomic E-state index is 12.2. The molecular weight excluding hydrogens is 296 g/mol. The Labute approximate surface area is 131 Å². The quantitative estimate of drug-likeness (QED) is 0.716. The predicted molar refractivity (Wildman–Crippen MR) is 78.2 cm³/mol. The lowest BCUT2D eigenvalue weighted by atomic mass is 9.99. The zero-order chi connectivity index (χ0) is 15.6. The molecule has 4 heterocycles. The first-order valence-corrected chi connectivity index (χ1v) is 7.10. The molecule has 1 fully saturated rings. The fraction of sp³-hybridized carbons (Fsp3) is 0.200. The van der Waals surface area contributed by atoms with Crippen LogP contribution in [-0.2, 0) is 0 Å². The van der Waals surface area contributed by atoms with Gasteiger partial charge in [-0.05, 0) is 12.1 Å². The van der Waals surface area contributed by atoms with E-state index < -0.39 is 0 Å². The molecule has 1 saturated heterocycles. The maximum Gasteiger partial charge on any atom is 0.274 e. The molecule has 3 aromatic heterocycles. The summed E-state index contributed by atoms with van der Waals surface area (Å²) in [5.74, 6) is 0.953. The molecule has 0 aromatic carbocycles. The number of likely N-dealkylation sites (tertiary alicyclic amines) is 1. The summed E-state index contributed by atoms with van der Waals surface area (Å²) in [6.45, 7) is 1.06. The number of hydrogen-bond acceptors (Lipinski definition) is 7. The number of pyridine rings is 1. The monoisotopic (exact) mass is 308 g/mol. The summed E-state index contributed by atoms with van der Waals surface area (Å²) in [7, 11) is 0. The van der Waals surface area contributed by atoms with E-state index in [0.717, 1.165) is 5.56 Å². The van der Waals surface area contributed by atoms with E-state index in [1.54, 1.807) is 17.3 Å². The number of hydrogen-bond donors (Lipinski definition) is 0. The van der Waals surface area contributed by atoms with Crippen molar-refractivity contribution in [1.82, 2.24) is 30.0 Å². The molecule has 8 heteroatoms. The minimum absolute atomic E-state index is 0.0496. The molecule has 0 atom stereocenters. The third-order valence-electron chi connectivity index (χ3n) is 3.66. The number of aromatic nitrogens is 5. The Kier molecular flexibility index (Phi) is 3.26. The predicted octanol–water partition coefficient (Wildman–Crippen LogP) is 1.16. The number of rotatable bonds is 3. The van der Waals surface area contributed by atoms with Crippen molar-refractivity contribution in [3.63, 3.8) is 0 Å². The number of carbonyl (C=O) groups excluding carboxylic acids is 1. The molecule has 0 radical (unpaired) electrons. The fourth-order valence-corrected chi connectivity index (χ4v) is 2.39. The first kappa shape index (κ1) is 13.5. The van der Waals surface area contributed by atoms with Gasteiger partial charge in [-0.3, -0.25) is 14.8 Å². The van der Waals surface area contributed by atoms with Crippen LogP contribution in [0, 0.1) is 0 Å². The summed E-state index contributed by atoms with van der Waals surface area (Å²) in [4.78, 5) is 30.2. The van der Waals surface area contributed by atoms with Crippen LogP contribution in [0.3, 0.4) is 0 Å². The van der Waals surface area contributed by atoms with Gasteiger partial charge in [-0.15, -0.1) is 0 Å². The molecule has 1 amide bonds. The molecule has 0 N–H and O–H groups in total. The highest BCUT2D eigenvalue weighted by molar-refractivity contribution is 5.92. The minimum Gasteiger partial charge on any atom is -0.339 e. The van der Waals surface area contributed by atoms with Crippen LogP contribution in [0.25, 0.3) is 11.4 Å². The van der Waals surface area contributed by atoms with Crippen LogP contribution in [0.15, 0.2) is 47.6 Å². The lowest BCUT2D eigenvalue weighted by molar-refractivity contribution is 0.0562. The molecule has 0 saturated carbocycles. The van der Waals surface area contributed by atoms with Crippen molar-refractivity contribution in [1.29, 1.82) is 0 Å². The van der Waals surface area contributed by atoms with Crippen LogP contribution in [0.4, 0.5) is 0 Å². The second-order valence-corrected chi connectivity index (χ2v) is 5.20. The van der Waals surface area contributed by atoms with Gasteiger partial charge in [0, 0.05) is 43.4 Å². The van der Waals surface area contributed by atoms with Crippen molar-refractivity contribution in [2.45, 2.75) is 5.92 Å². The molecule has 0 bridgehead atoms. The van der Waals surface area contributed by atoms with Crippen LogP contribution < -0.4 is 0 Å². The van der Waals surface area contributed by atoms with Crippen LogP contribution in [0.5, 0.6) is 0 Å². The molecule has 8 nitrogen and oxygen atoms in total. The van der Waals surface area contributed by atoms with Crippen molar-refractivity contribution in [2.75, 3.05) is 13.1 Å². The molecule has 4 rings (SSSR count). The Morgan fingerprint density at radius 3 is 2.78 bits per heavy atom. The number of nitrogens with zero attached hydrogens (tertiary/aromatic N) is 6. The van der Waals surface area contributed by atoms with Gasteiger partial charge in [0.1, 0.15) is 5.69 Å². The van der Waals surface area contributed by atoms with Gasteiger partial charge < -0.3 is 9.42 Å². The van der Waals surface area contributed by atoms with E-state index in [4.69, 9.17) is 4.52 Å². The van der Waals surface area contributed by atoms with Crippen molar-refractivity contribution in [3.8, 4) is 11.4 Å². The van der Waals surface area contributed by atoms with Crippen LogP contribution in [0.1, 0.15) is 22.3 Å². The molecule has 114 valence electrons. The van der Waals surface area contributed by atoms with E-state index in [2.05, 4.69) is 25.1 Å². The number of carbonyl (C=O) groups is 1. The van der Waals surface area contributed by atoms with Gasteiger partial charge in [-0.25, -0.2) is 4.98 Å². The lowest BCUT2D eigenvalue weighted by Gasteiger charge is -2.36. The van der Waals surface area contributed by atoms with Gasteiger partial charge in [-0.1, -0.05) is 5.16 Å². The molecule has 0 aliphatic carbocycles. The fourth-order valence-electron chi connectivity index (χ4n) is 2.39. The van der Waals surface area contributed by atoms with Gasteiger partial charge in [0.15, 0.2) is 0 Å². The summed E-state index contributed by atoms with van der Waals surface area (Å²) >= 11 is 0. The Balaban J connectivity index is 1.43. The highest BCUT2D eigenvalue weighted by atomic mass is 16.5. The highest BCUT2D eigenvalue weighted by Crippen LogP contribution is 2.28. The standard InChI is InChI=1S/C15H12N6O2/c22-15(12-7-17-4-5-18-12)21-8-11(9-21)14-19-13(20-23-14)10-2-1-3-16-6-10/h1-7,11H,8-9H2. The van der Waals surface area contributed by atoms with Crippen LogP contribution in [0.2, 0.25) is 0 Å². The molecule has 0 unspecified atom stereocenters. The van der Waals surface area contributed by atoms with E-state index in [-0.39, 0.29) is 11.8 Å². The van der Waals surface area contributed by atoms with Gasteiger partial charge in [0.2, 0.25) is 11.7 Å². The molecule has 3 aromatic rings. The van der Waals surface area contributed by atoms with E-state index >= 15 is 0 Å². The van der Waals surface area contributed by atoms with Gasteiger partial charge >= 0.3 is 0 Å². The molecule has 1 aliphatic heterocycles. The topological polar surface area (TPSA) is 97.9 Å². The van der Waals surface area contributed by atoms with Crippen molar-refractivity contribution >= 4 is 5.91 Å². The first-order valence-electron chi connectivity index (χ1n) is 7.10. The van der Waals surface area contributed by atoms with Gasteiger partial charge in [0.05, 0.1) is 12.1 Å². The number of amides is 1. The third kappa shape index (κ3) is 2.54. The maximum absolute atomic E-state index is 12.2. The highest BCUT2D eigenvalue weighted by Gasteiger charge is 2.36.